The van der Waals surface area contributed by atoms with Crippen LogP contribution in [0.15, 0.2) is 57.5 Å². The van der Waals surface area contributed by atoms with Crippen LogP contribution in [0.5, 0.6) is 0 Å². The topological polar surface area (TPSA) is 56.2 Å². The van der Waals surface area contributed by atoms with Crippen molar-refractivity contribution in [1.29, 1.82) is 0 Å². The summed E-state index contributed by atoms with van der Waals surface area (Å²) in [5, 5.41) is 9.27. The van der Waals surface area contributed by atoms with Gasteiger partial charge in [0.15, 0.2) is 10.8 Å². The highest BCUT2D eigenvalue weighted by atomic mass is 32.2. The van der Waals surface area contributed by atoms with Gasteiger partial charge in [-0.3, -0.25) is 4.40 Å². The number of rotatable bonds is 4. The lowest BCUT2D eigenvalue weighted by atomic mass is 10.2. The second-order valence-corrected chi connectivity index (χ2v) is 6.01. The van der Waals surface area contributed by atoms with Gasteiger partial charge in [-0.25, -0.2) is 0 Å². The summed E-state index contributed by atoms with van der Waals surface area (Å²) in [6.45, 7) is 0.524. The first-order valence-corrected chi connectivity index (χ1v) is 8.21. The monoisotopic (exact) mass is 302 g/mol. The van der Waals surface area contributed by atoms with Crippen molar-refractivity contribution in [3.05, 3.63) is 48.2 Å². The largest absolute Gasteiger partial charge is 0.326 e. The summed E-state index contributed by atoms with van der Waals surface area (Å²) < 4.78 is 1.98. The van der Waals surface area contributed by atoms with Crippen molar-refractivity contribution in [3.63, 3.8) is 0 Å². The molecule has 2 aromatic heterocycles. The zero-order valence-electron chi connectivity index (χ0n) is 11.0. The van der Waals surface area contributed by atoms with Gasteiger partial charge in [-0.05, 0) is 47.8 Å². The molecule has 2 N–H and O–H groups in total. The third-order valence-corrected chi connectivity index (χ3v) is 4.88. The van der Waals surface area contributed by atoms with E-state index < -0.39 is 0 Å². The summed E-state index contributed by atoms with van der Waals surface area (Å²) in [6, 6.07) is 12.1. The molecule has 3 rings (SSSR count). The van der Waals surface area contributed by atoms with E-state index in [1.807, 2.05) is 28.8 Å². The molecule has 0 atom stereocenters. The molecule has 0 unspecified atom stereocenters. The standard InChI is InChI=1S/C14H14N4S2/c1-19-11-5-4-6-12(10(11)9-15)20-14-17-16-13-7-2-3-8-18(13)14/h2-8H,9,15H2,1H3. The molecular weight excluding hydrogens is 288 g/mol. The van der Waals surface area contributed by atoms with E-state index in [1.54, 1.807) is 23.5 Å². The van der Waals surface area contributed by atoms with Crippen LogP contribution in [-0.4, -0.2) is 20.9 Å². The minimum Gasteiger partial charge on any atom is -0.326 e. The minimum atomic E-state index is 0.524. The zero-order chi connectivity index (χ0) is 13.9. The second kappa shape index (κ2) is 5.87. The molecule has 0 saturated carbocycles. The molecule has 1 aromatic carbocycles. The maximum Gasteiger partial charge on any atom is 0.200 e. The van der Waals surface area contributed by atoms with Crippen molar-refractivity contribution >= 4 is 29.2 Å². The molecule has 0 fully saturated rings. The highest BCUT2D eigenvalue weighted by Gasteiger charge is 2.11. The Labute approximate surface area is 125 Å². The number of hydrogen-bond donors (Lipinski definition) is 1. The lowest BCUT2D eigenvalue weighted by Crippen LogP contribution is -2.00. The summed E-state index contributed by atoms with van der Waals surface area (Å²) in [5.41, 5.74) is 7.92. The second-order valence-electron chi connectivity index (χ2n) is 4.15. The summed E-state index contributed by atoms with van der Waals surface area (Å²) >= 11 is 3.31. The molecule has 2 heterocycles. The number of thioether (sulfide) groups is 1. The van der Waals surface area contributed by atoms with Crippen molar-refractivity contribution in [2.45, 2.75) is 21.5 Å². The van der Waals surface area contributed by atoms with Gasteiger partial charge in [-0.2, -0.15) is 0 Å². The Morgan fingerprint density at radius 2 is 1.95 bits per heavy atom. The van der Waals surface area contributed by atoms with Crippen LogP contribution in [0.25, 0.3) is 5.65 Å². The molecule has 0 aliphatic rings. The third-order valence-electron chi connectivity index (χ3n) is 3.00. The molecule has 0 spiro atoms. The molecule has 0 amide bonds. The third kappa shape index (κ3) is 2.42. The molecule has 0 bridgehead atoms. The van der Waals surface area contributed by atoms with Crippen molar-refractivity contribution < 1.29 is 0 Å². The van der Waals surface area contributed by atoms with Gasteiger partial charge >= 0.3 is 0 Å². The van der Waals surface area contributed by atoms with Crippen LogP contribution < -0.4 is 5.73 Å². The molecule has 0 aliphatic heterocycles. The lowest BCUT2D eigenvalue weighted by Gasteiger charge is -2.10. The molecule has 0 radical (unpaired) electrons. The fourth-order valence-corrected chi connectivity index (χ4v) is 3.73. The van der Waals surface area contributed by atoms with E-state index in [-0.39, 0.29) is 0 Å². The zero-order valence-corrected chi connectivity index (χ0v) is 12.6. The summed E-state index contributed by atoms with van der Waals surface area (Å²) in [7, 11) is 0. The smallest absolute Gasteiger partial charge is 0.200 e. The van der Waals surface area contributed by atoms with Crippen LogP contribution in [0, 0.1) is 0 Å². The summed E-state index contributed by atoms with van der Waals surface area (Å²) in [5.74, 6) is 0. The van der Waals surface area contributed by atoms with E-state index in [2.05, 4.69) is 34.7 Å². The average molecular weight is 302 g/mol. The molecule has 0 saturated heterocycles. The van der Waals surface area contributed by atoms with Crippen LogP contribution in [0.1, 0.15) is 5.56 Å². The normalized spacial score (nSPS) is 11.1. The van der Waals surface area contributed by atoms with E-state index in [1.165, 1.54) is 4.90 Å². The average Bonchev–Trinajstić information content (AvgIpc) is 2.90. The Kier molecular flexibility index (Phi) is 3.95. The number of aromatic nitrogens is 3. The van der Waals surface area contributed by atoms with Gasteiger partial charge < -0.3 is 5.73 Å². The van der Waals surface area contributed by atoms with Crippen LogP contribution in [0.3, 0.4) is 0 Å². The number of nitrogens with zero attached hydrogens (tertiary/aromatic N) is 3. The summed E-state index contributed by atoms with van der Waals surface area (Å²) in [6.07, 6.45) is 4.04. The number of pyridine rings is 1. The van der Waals surface area contributed by atoms with E-state index in [4.69, 9.17) is 5.73 Å². The molecule has 3 aromatic rings. The van der Waals surface area contributed by atoms with Crippen LogP contribution in [0.2, 0.25) is 0 Å². The number of hydrogen-bond acceptors (Lipinski definition) is 5. The van der Waals surface area contributed by atoms with E-state index in [9.17, 15) is 0 Å². The first-order valence-electron chi connectivity index (χ1n) is 6.17. The van der Waals surface area contributed by atoms with Gasteiger partial charge in [-0.15, -0.1) is 22.0 Å². The molecule has 6 heteroatoms. The number of benzene rings is 1. The molecule has 102 valence electrons. The maximum atomic E-state index is 5.90. The van der Waals surface area contributed by atoms with Crippen molar-refractivity contribution in [2.75, 3.05) is 6.26 Å². The van der Waals surface area contributed by atoms with Crippen LogP contribution in [0.4, 0.5) is 0 Å². The predicted octanol–water partition coefficient (Wildman–Crippen LogP) is 3.06. The fourth-order valence-electron chi connectivity index (χ4n) is 2.02. The van der Waals surface area contributed by atoms with Crippen molar-refractivity contribution in [2.24, 2.45) is 5.73 Å². The quantitative estimate of drug-likeness (QED) is 0.751. The molecule has 4 nitrogen and oxygen atoms in total. The maximum absolute atomic E-state index is 5.90. The Bertz CT molecular complexity index is 739. The van der Waals surface area contributed by atoms with Crippen LogP contribution in [-0.2, 0) is 6.54 Å². The van der Waals surface area contributed by atoms with Gasteiger partial charge in [0, 0.05) is 22.5 Å². The van der Waals surface area contributed by atoms with Crippen LogP contribution >= 0.6 is 23.5 Å². The van der Waals surface area contributed by atoms with E-state index in [0.717, 1.165) is 21.3 Å². The Morgan fingerprint density at radius 1 is 1.10 bits per heavy atom. The van der Waals surface area contributed by atoms with Crippen molar-refractivity contribution in [3.8, 4) is 0 Å². The Morgan fingerprint density at radius 3 is 2.75 bits per heavy atom. The van der Waals surface area contributed by atoms with Gasteiger partial charge in [0.05, 0.1) is 0 Å². The first-order chi connectivity index (χ1) is 9.83. The van der Waals surface area contributed by atoms with E-state index in [0.29, 0.717) is 6.54 Å². The molecular formula is C14H14N4S2. The highest BCUT2D eigenvalue weighted by molar-refractivity contribution is 7.99. The van der Waals surface area contributed by atoms with Gasteiger partial charge in [0.1, 0.15) is 0 Å². The predicted molar refractivity (Wildman–Crippen MR) is 83.2 cm³/mol. The summed E-state index contributed by atoms with van der Waals surface area (Å²) in [4.78, 5) is 2.35. The van der Waals surface area contributed by atoms with Gasteiger partial charge in [0.25, 0.3) is 0 Å². The van der Waals surface area contributed by atoms with Gasteiger partial charge in [-0.1, -0.05) is 12.1 Å². The van der Waals surface area contributed by atoms with Crippen molar-refractivity contribution in [1.82, 2.24) is 14.6 Å². The molecule has 0 aliphatic carbocycles. The fraction of sp³-hybridized carbons (Fsp3) is 0.143. The Hall–Kier alpha value is -1.50. The lowest BCUT2D eigenvalue weighted by molar-refractivity contribution is 0.915. The molecule has 20 heavy (non-hydrogen) atoms. The Balaban J connectivity index is 2.03. The minimum absolute atomic E-state index is 0.524. The number of fused-ring (bicyclic) bond motifs is 1. The van der Waals surface area contributed by atoms with E-state index >= 15 is 0 Å². The SMILES string of the molecule is CSc1cccc(Sc2nnc3ccccn23)c1CN. The number of nitrogens with two attached hydrogens (primary N) is 1. The first kappa shape index (κ1) is 13.5. The van der Waals surface area contributed by atoms with Gasteiger partial charge in [0.2, 0.25) is 0 Å². The highest BCUT2D eigenvalue weighted by Crippen LogP contribution is 2.33.